The molecule has 0 saturated carbocycles. The molecule has 0 bridgehead atoms. The largest absolute Gasteiger partial charge is 0.353 e. The van der Waals surface area contributed by atoms with Crippen molar-refractivity contribution in [1.29, 1.82) is 0 Å². The highest BCUT2D eigenvalue weighted by Gasteiger charge is 2.31. The molecule has 2 fully saturated rings. The van der Waals surface area contributed by atoms with E-state index in [2.05, 4.69) is 15.2 Å². The van der Waals surface area contributed by atoms with Crippen molar-refractivity contribution in [3.8, 4) is 0 Å². The Bertz CT molecular complexity index is 456. The summed E-state index contributed by atoms with van der Waals surface area (Å²) < 4.78 is 0. The van der Waals surface area contributed by atoms with Crippen molar-refractivity contribution >= 4 is 35.7 Å². The highest BCUT2D eigenvalue weighted by atomic mass is 35.5. The molecule has 1 aromatic rings. The molecule has 2 saturated heterocycles. The Morgan fingerprint density at radius 2 is 1.95 bits per heavy atom. The van der Waals surface area contributed by atoms with Crippen LogP contribution in [0.2, 0.25) is 5.02 Å². The summed E-state index contributed by atoms with van der Waals surface area (Å²) in [5.41, 5.74) is 0. The summed E-state index contributed by atoms with van der Waals surface area (Å²) in [4.78, 5) is 20.6. The number of amides is 1. The number of aromatic nitrogens is 1. The maximum Gasteiger partial charge on any atom is 0.228 e. The van der Waals surface area contributed by atoms with Gasteiger partial charge in [0.2, 0.25) is 5.91 Å². The van der Waals surface area contributed by atoms with Gasteiger partial charge in [-0.1, -0.05) is 11.6 Å². The second-order valence-electron chi connectivity index (χ2n) is 5.00. The quantitative estimate of drug-likeness (QED) is 0.885. The normalized spacial score (nSPS) is 19.2. The average Bonchev–Trinajstić information content (AvgIpc) is 2.38. The van der Waals surface area contributed by atoms with Gasteiger partial charge in [0.1, 0.15) is 5.82 Å². The number of halogens is 2. The van der Waals surface area contributed by atoms with E-state index in [0.29, 0.717) is 10.9 Å². The number of carbonyl (C=O) groups is 1. The predicted molar refractivity (Wildman–Crippen MR) is 81.6 cm³/mol. The smallest absolute Gasteiger partial charge is 0.228 e. The Kier molecular flexibility index (Phi) is 5.07. The standard InChI is InChI=1S/C13H17ClN4O.ClH/c14-11-1-2-12(16-9-11)17-3-5-18(6-4-17)13(19)10-7-15-8-10;/h1-2,9-10,15H,3-8H2;1H. The summed E-state index contributed by atoms with van der Waals surface area (Å²) in [5.74, 6) is 1.42. The van der Waals surface area contributed by atoms with Crippen molar-refractivity contribution in [2.24, 2.45) is 5.92 Å². The lowest BCUT2D eigenvalue weighted by Gasteiger charge is -2.38. The molecule has 0 atom stereocenters. The number of rotatable bonds is 2. The molecule has 3 heterocycles. The number of anilines is 1. The Morgan fingerprint density at radius 1 is 1.25 bits per heavy atom. The predicted octanol–water partition coefficient (Wildman–Crippen LogP) is 1.02. The molecular formula is C13H18Cl2N4O. The molecule has 7 heteroatoms. The fourth-order valence-electron chi connectivity index (χ4n) is 2.43. The van der Waals surface area contributed by atoms with Gasteiger partial charge in [0.05, 0.1) is 10.9 Å². The van der Waals surface area contributed by atoms with Crippen molar-refractivity contribution in [2.75, 3.05) is 44.2 Å². The van der Waals surface area contributed by atoms with Crippen molar-refractivity contribution in [2.45, 2.75) is 0 Å². The van der Waals surface area contributed by atoms with Gasteiger partial charge in [-0.2, -0.15) is 0 Å². The van der Waals surface area contributed by atoms with E-state index in [0.717, 1.165) is 45.1 Å². The molecule has 110 valence electrons. The molecular weight excluding hydrogens is 299 g/mol. The van der Waals surface area contributed by atoms with E-state index in [1.54, 1.807) is 6.20 Å². The van der Waals surface area contributed by atoms with Gasteiger partial charge in [0.15, 0.2) is 0 Å². The maximum atomic E-state index is 12.1. The van der Waals surface area contributed by atoms with Crippen LogP contribution in [0, 0.1) is 5.92 Å². The van der Waals surface area contributed by atoms with E-state index in [-0.39, 0.29) is 18.3 Å². The lowest BCUT2D eigenvalue weighted by molar-refractivity contribution is -0.137. The molecule has 2 aliphatic rings. The molecule has 0 spiro atoms. The number of pyridine rings is 1. The van der Waals surface area contributed by atoms with Gasteiger partial charge in [0, 0.05) is 45.5 Å². The Labute approximate surface area is 129 Å². The summed E-state index contributed by atoms with van der Waals surface area (Å²) in [6.07, 6.45) is 1.66. The molecule has 3 rings (SSSR count). The third kappa shape index (κ3) is 3.16. The second kappa shape index (κ2) is 6.61. The molecule has 5 nitrogen and oxygen atoms in total. The summed E-state index contributed by atoms with van der Waals surface area (Å²) in [6.45, 7) is 4.88. The SMILES string of the molecule is Cl.O=C(C1CNC1)N1CCN(c2ccc(Cl)cn2)CC1. The number of nitrogens with one attached hydrogen (secondary N) is 1. The van der Waals surface area contributed by atoms with Gasteiger partial charge in [-0.25, -0.2) is 4.98 Å². The van der Waals surface area contributed by atoms with Crippen LogP contribution >= 0.6 is 24.0 Å². The van der Waals surface area contributed by atoms with Crippen molar-refractivity contribution < 1.29 is 4.79 Å². The third-order valence-corrected chi connectivity index (χ3v) is 3.98. The molecule has 0 radical (unpaired) electrons. The zero-order valence-corrected chi connectivity index (χ0v) is 12.7. The summed E-state index contributed by atoms with van der Waals surface area (Å²) in [7, 11) is 0. The molecule has 1 aromatic heterocycles. The van der Waals surface area contributed by atoms with Crippen LogP contribution in [0.5, 0.6) is 0 Å². The minimum Gasteiger partial charge on any atom is -0.353 e. The van der Waals surface area contributed by atoms with Crippen molar-refractivity contribution in [3.63, 3.8) is 0 Å². The van der Waals surface area contributed by atoms with Crippen molar-refractivity contribution in [3.05, 3.63) is 23.4 Å². The minimum atomic E-state index is 0. The lowest BCUT2D eigenvalue weighted by Crippen LogP contribution is -2.56. The van der Waals surface area contributed by atoms with E-state index in [4.69, 9.17) is 11.6 Å². The van der Waals surface area contributed by atoms with Crippen molar-refractivity contribution in [1.82, 2.24) is 15.2 Å². The van der Waals surface area contributed by atoms with E-state index in [1.165, 1.54) is 0 Å². The Hall–Kier alpha value is -1.04. The van der Waals surface area contributed by atoms with Crippen LogP contribution in [-0.2, 0) is 4.79 Å². The van der Waals surface area contributed by atoms with Crippen LogP contribution in [0.3, 0.4) is 0 Å². The lowest BCUT2D eigenvalue weighted by atomic mass is 10.0. The molecule has 0 aliphatic carbocycles. The topological polar surface area (TPSA) is 48.5 Å². The molecule has 1 N–H and O–H groups in total. The number of nitrogens with zero attached hydrogens (tertiary/aromatic N) is 3. The average molecular weight is 317 g/mol. The molecule has 0 unspecified atom stereocenters. The summed E-state index contributed by atoms with van der Waals surface area (Å²) in [6, 6.07) is 3.77. The maximum absolute atomic E-state index is 12.1. The Morgan fingerprint density at radius 3 is 2.45 bits per heavy atom. The first-order chi connectivity index (χ1) is 9.24. The minimum absolute atomic E-state index is 0. The van der Waals surface area contributed by atoms with E-state index >= 15 is 0 Å². The van der Waals surface area contributed by atoms with Crippen LogP contribution in [0.1, 0.15) is 0 Å². The Balaban J connectivity index is 0.00000147. The van der Waals surface area contributed by atoms with E-state index in [1.807, 2.05) is 17.0 Å². The molecule has 1 amide bonds. The van der Waals surface area contributed by atoms with Crippen LogP contribution < -0.4 is 10.2 Å². The second-order valence-corrected chi connectivity index (χ2v) is 5.44. The first kappa shape index (κ1) is 15.4. The summed E-state index contributed by atoms with van der Waals surface area (Å²) >= 11 is 5.83. The monoisotopic (exact) mass is 316 g/mol. The first-order valence-electron chi connectivity index (χ1n) is 6.60. The number of hydrogen-bond donors (Lipinski definition) is 1. The molecule has 0 aromatic carbocycles. The number of piperazine rings is 1. The van der Waals surface area contributed by atoms with E-state index in [9.17, 15) is 4.79 Å². The highest BCUT2D eigenvalue weighted by Crippen LogP contribution is 2.17. The van der Waals surface area contributed by atoms with Crippen LogP contribution in [0.15, 0.2) is 18.3 Å². The first-order valence-corrected chi connectivity index (χ1v) is 6.98. The van der Waals surface area contributed by atoms with Crippen LogP contribution in [0.4, 0.5) is 5.82 Å². The van der Waals surface area contributed by atoms with Gasteiger partial charge in [0.25, 0.3) is 0 Å². The number of carbonyl (C=O) groups excluding carboxylic acids is 1. The van der Waals surface area contributed by atoms with Gasteiger partial charge < -0.3 is 15.1 Å². The number of hydrogen-bond acceptors (Lipinski definition) is 4. The van der Waals surface area contributed by atoms with Gasteiger partial charge in [-0.05, 0) is 12.1 Å². The van der Waals surface area contributed by atoms with Gasteiger partial charge in [-0.15, -0.1) is 12.4 Å². The van der Waals surface area contributed by atoms with Gasteiger partial charge in [-0.3, -0.25) is 4.79 Å². The zero-order valence-electron chi connectivity index (χ0n) is 11.1. The third-order valence-electron chi connectivity index (χ3n) is 3.76. The fourth-order valence-corrected chi connectivity index (χ4v) is 2.54. The van der Waals surface area contributed by atoms with Crippen LogP contribution in [-0.4, -0.2) is 55.1 Å². The molecule has 20 heavy (non-hydrogen) atoms. The van der Waals surface area contributed by atoms with Gasteiger partial charge >= 0.3 is 0 Å². The van der Waals surface area contributed by atoms with E-state index < -0.39 is 0 Å². The fraction of sp³-hybridized carbons (Fsp3) is 0.538. The zero-order chi connectivity index (χ0) is 13.2. The van der Waals surface area contributed by atoms with Crippen LogP contribution in [0.25, 0.3) is 0 Å². The molecule has 2 aliphatic heterocycles. The highest BCUT2D eigenvalue weighted by molar-refractivity contribution is 6.30. The summed E-state index contributed by atoms with van der Waals surface area (Å²) in [5, 5.41) is 3.79.